The van der Waals surface area contributed by atoms with E-state index in [9.17, 15) is 0 Å². The minimum absolute atomic E-state index is 0.626. The number of nitrogens with two attached hydrogens (primary N) is 1. The van der Waals surface area contributed by atoms with Gasteiger partial charge in [-0.15, -0.1) is 0 Å². The van der Waals surface area contributed by atoms with E-state index in [4.69, 9.17) is 28.9 Å². The van der Waals surface area contributed by atoms with Crippen molar-refractivity contribution in [3.63, 3.8) is 0 Å². The second kappa shape index (κ2) is 6.53. The molecule has 0 heterocycles. The summed E-state index contributed by atoms with van der Waals surface area (Å²) in [5.41, 5.74) is 8.52. The molecule has 0 spiro atoms. The maximum atomic E-state index is 5.66. The van der Waals surface area contributed by atoms with Gasteiger partial charge in [0.15, 0.2) is 0 Å². The quantitative estimate of drug-likeness (QED) is 0.677. The Morgan fingerprint density at radius 3 is 1.76 bits per heavy atom. The topological polar surface area (TPSA) is 26.0 Å². The van der Waals surface area contributed by atoms with E-state index in [1.807, 2.05) is 50.2 Å². The molecule has 0 saturated heterocycles. The van der Waals surface area contributed by atoms with Gasteiger partial charge in [-0.1, -0.05) is 47.0 Å². The van der Waals surface area contributed by atoms with Crippen LogP contribution >= 0.6 is 23.2 Å². The molecule has 0 aliphatic carbocycles. The molecule has 0 aliphatic heterocycles. The lowest BCUT2D eigenvalue weighted by Gasteiger charge is -1.96. The Morgan fingerprint density at radius 1 is 0.824 bits per heavy atom. The average molecular weight is 268 g/mol. The SMILES string of the molecule is Cc1ccc(Cl)c(N)c1.Cc1ccc(Cl)cc1. The van der Waals surface area contributed by atoms with E-state index in [-0.39, 0.29) is 0 Å². The number of nitrogen functional groups attached to an aromatic ring is 1. The predicted molar refractivity (Wildman–Crippen MR) is 76.8 cm³/mol. The molecule has 0 amide bonds. The van der Waals surface area contributed by atoms with Gasteiger partial charge in [-0.2, -0.15) is 0 Å². The first-order valence-corrected chi connectivity index (χ1v) is 5.98. The van der Waals surface area contributed by atoms with Crippen LogP contribution in [0.5, 0.6) is 0 Å². The van der Waals surface area contributed by atoms with Gasteiger partial charge in [0.25, 0.3) is 0 Å². The molecule has 0 aromatic heterocycles. The van der Waals surface area contributed by atoms with Crippen molar-refractivity contribution in [2.75, 3.05) is 5.73 Å². The molecule has 2 N–H and O–H groups in total. The maximum Gasteiger partial charge on any atom is 0.0635 e. The van der Waals surface area contributed by atoms with Crippen molar-refractivity contribution in [3.05, 3.63) is 63.6 Å². The third kappa shape index (κ3) is 5.12. The van der Waals surface area contributed by atoms with Crippen LogP contribution in [-0.2, 0) is 0 Å². The van der Waals surface area contributed by atoms with Gasteiger partial charge in [0.1, 0.15) is 0 Å². The van der Waals surface area contributed by atoms with Crippen molar-refractivity contribution in [1.82, 2.24) is 0 Å². The molecule has 0 saturated carbocycles. The van der Waals surface area contributed by atoms with Crippen LogP contribution in [-0.4, -0.2) is 0 Å². The van der Waals surface area contributed by atoms with Gasteiger partial charge in [0.2, 0.25) is 0 Å². The lowest BCUT2D eigenvalue weighted by Crippen LogP contribution is -1.85. The van der Waals surface area contributed by atoms with Crippen LogP contribution in [0.3, 0.4) is 0 Å². The molecule has 0 fully saturated rings. The molecule has 0 aliphatic rings. The van der Waals surface area contributed by atoms with Crippen LogP contribution in [0, 0.1) is 13.8 Å². The van der Waals surface area contributed by atoms with Crippen molar-refractivity contribution in [2.45, 2.75) is 13.8 Å². The summed E-state index contributed by atoms with van der Waals surface area (Å²) in [6, 6.07) is 13.3. The smallest absolute Gasteiger partial charge is 0.0635 e. The summed E-state index contributed by atoms with van der Waals surface area (Å²) in [6.45, 7) is 4.02. The highest BCUT2D eigenvalue weighted by Crippen LogP contribution is 2.18. The fraction of sp³-hybridized carbons (Fsp3) is 0.143. The van der Waals surface area contributed by atoms with Gasteiger partial charge >= 0.3 is 0 Å². The summed E-state index contributed by atoms with van der Waals surface area (Å²) in [5, 5.41) is 1.43. The predicted octanol–water partition coefficient (Wildman–Crippen LogP) is 4.88. The Bertz CT molecular complexity index is 457. The maximum absolute atomic E-state index is 5.66. The Morgan fingerprint density at radius 2 is 1.35 bits per heavy atom. The summed E-state index contributed by atoms with van der Waals surface area (Å²) in [5.74, 6) is 0. The molecule has 0 radical (unpaired) electrons. The summed E-state index contributed by atoms with van der Waals surface area (Å²) < 4.78 is 0. The minimum Gasteiger partial charge on any atom is -0.398 e. The number of benzene rings is 2. The van der Waals surface area contributed by atoms with Crippen LogP contribution in [0.25, 0.3) is 0 Å². The Hall–Kier alpha value is -1.18. The molecule has 3 heteroatoms. The molecule has 1 nitrogen and oxygen atoms in total. The molecular weight excluding hydrogens is 253 g/mol. The van der Waals surface area contributed by atoms with Gasteiger partial charge in [-0.25, -0.2) is 0 Å². The van der Waals surface area contributed by atoms with Gasteiger partial charge in [-0.05, 0) is 43.7 Å². The highest BCUT2D eigenvalue weighted by molar-refractivity contribution is 6.33. The van der Waals surface area contributed by atoms with E-state index < -0.39 is 0 Å². The van der Waals surface area contributed by atoms with Crippen LogP contribution in [0.15, 0.2) is 42.5 Å². The molecule has 90 valence electrons. The molecule has 17 heavy (non-hydrogen) atoms. The zero-order chi connectivity index (χ0) is 12.8. The van der Waals surface area contributed by atoms with Gasteiger partial charge in [0, 0.05) is 5.02 Å². The van der Waals surface area contributed by atoms with E-state index in [0.29, 0.717) is 10.7 Å². The fourth-order valence-electron chi connectivity index (χ4n) is 1.20. The van der Waals surface area contributed by atoms with Crippen LogP contribution in [0.2, 0.25) is 10.0 Å². The van der Waals surface area contributed by atoms with E-state index in [2.05, 4.69) is 0 Å². The van der Waals surface area contributed by atoms with Crippen molar-refractivity contribution < 1.29 is 0 Å². The normalized spacial score (nSPS) is 9.41. The van der Waals surface area contributed by atoms with Crippen molar-refractivity contribution in [1.29, 1.82) is 0 Å². The van der Waals surface area contributed by atoms with E-state index in [1.165, 1.54) is 5.56 Å². The Kier molecular flexibility index (Phi) is 5.33. The van der Waals surface area contributed by atoms with Crippen LogP contribution in [0.1, 0.15) is 11.1 Å². The number of rotatable bonds is 0. The second-order valence-electron chi connectivity index (χ2n) is 3.82. The monoisotopic (exact) mass is 267 g/mol. The lowest BCUT2D eigenvalue weighted by atomic mass is 10.2. The second-order valence-corrected chi connectivity index (χ2v) is 4.66. The van der Waals surface area contributed by atoms with Gasteiger partial charge < -0.3 is 5.73 Å². The first-order chi connectivity index (χ1) is 7.99. The van der Waals surface area contributed by atoms with Crippen molar-refractivity contribution >= 4 is 28.9 Å². The zero-order valence-electron chi connectivity index (χ0n) is 9.87. The fourth-order valence-corrected chi connectivity index (χ4v) is 1.44. The zero-order valence-corrected chi connectivity index (χ0v) is 11.4. The van der Waals surface area contributed by atoms with Gasteiger partial charge in [0.05, 0.1) is 10.7 Å². The first kappa shape index (κ1) is 13.9. The number of hydrogen-bond donors (Lipinski definition) is 1. The molecule has 2 rings (SSSR count). The summed E-state index contributed by atoms with van der Waals surface area (Å²) in [6.07, 6.45) is 0. The van der Waals surface area contributed by atoms with Gasteiger partial charge in [-0.3, -0.25) is 0 Å². The molecular formula is C14H15Cl2N. The highest BCUT2D eigenvalue weighted by atomic mass is 35.5. The third-order valence-electron chi connectivity index (χ3n) is 2.16. The number of aryl methyl sites for hydroxylation is 2. The lowest BCUT2D eigenvalue weighted by molar-refractivity contribution is 1.47. The highest BCUT2D eigenvalue weighted by Gasteiger charge is 1.92. The summed E-state index contributed by atoms with van der Waals surface area (Å²) in [4.78, 5) is 0. The standard InChI is InChI=1S/C7H8ClN.C7H7Cl/c1-5-2-3-6(8)7(9)4-5;1-6-2-4-7(8)5-3-6/h2-4H,9H2,1H3;2-5H,1H3. The van der Waals surface area contributed by atoms with E-state index in [0.717, 1.165) is 10.6 Å². The van der Waals surface area contributed by atoms with E-state index in [1.54, 1.807) is 6.07 Å². The average Bonchev–Trinajstić information content (AvgIpc) is 2.29. The van der Waals surface area contributed by atoms with Crippen molar-refractivity contribution in [3.8, 4) is 0 Å². The summed E-state index contributed by atoms with van der Waals surface area (Å²) in [7, 11) is 0. The molecule has 0 unspecified atom stereocenters. The van der Waals surface area contributed by atoms with Crippen LogP contribution in [0.4, 0.5) is 5.69 Å². The molecule has 0 atom stereocenters. The number of hydrogen-bond acceptors (Lipinski definition) is 1. The molecule has 2 aromatic rings. The van der Waals surface area contributed by atoms with E-state index >= 15 is 0 Å². The minimum atomic E-state index is 0.626. The third-order valence-corrected chi connectivity index (χ3v) is 2.76. The van der Waals surface area contributed by atoms with Crippen LogP contribution < -0.4 is 5.73 Å². The Labute approximate surface area is 112 Å². The summed E-state index contributed by atoms with van der Waals surface area (Å²) >= 11 is 11.3. The Balaban J connectivity index is 0.000000171. The molecule has 2 aromatic carbocycles. The first-order valence-electron chi connectivity index (χ1n) is 5.23. The number of halogens is 2. The number of anilines is 1. The molecule has 0 bridgehead atoms. The largest absolute Gasteiger partial charge is 0.398 e. The van der Waals surface area contributed by atoms with Crippen molar-refractivity contribution in [2.24, 2.45) is 0 Å².